The second-order valence-corrected chi connectivity index (χ2v) is 29.4. The second-order valence-electron chi connectivity index (χ2n) is 26.5. The highest BCUT2D eigenvalue weighted by Gasteiger charge is 2.29. The van der Waals surface area contributed by atoms with E-state index in [4.69, 9.17) is 32.3 Å². The van der Waals surface area contributed by atoms with Crippen molar-refractivity contribution in [2.45, 2.75) is 334 Å². The molecular formula is C85H144O16P2. The van der Waals surface area contributed by atoms with Crippen molar-refractivity contribution in [1.29, 1.82) is 0 Å². The Hall–Kier alpha value is -4.57. The molecule has 0 spiro atoms. The molecule has 0 heterocycles. The molecule has 18 heteroatoms. The van der Waals surface area contributed by atoms with E-state index in [0.29, 0.717) is 19.3 Å². The van der Waals surface area contributed by atoms with Crippen LogP contribution >= 0.6 is 15.6 Å². The van der Waals surface area contributed by atoms with E-state index >= 15 is 0 Å². The molecule has 0 aromatic carbocycles. The van der Waals surface area contributed by atoms with Crippen molar-refractivity contribution in [1.82, 2.24) is 0 Å². The number of unbranched alkanes of at least 4 members (excludes halogenated alkanes) is 28. The largest absolute Gasteiger partial charge is 0.472 e. The molecule has 0 rings (SSSR count). The van der Waals surface area contributed by atoms with E-state index in [1.807, 2.05) is 0 Å². The third-order valence-electron chi connectivity index (χ3n) is 16.5. The number of carbonyl (C=O) groups excluding carboxylic acids is 3. The number of hydrogen-bond donors (Lipinski definition) is 4. The monoisotopic (exact) mass is 1480 g/mol. The number of esters is 3. The molecule has 0 saturated carbocycles. The number of phosphoric acid groups is 2. The lowest BCUT2D eigenvalue weighted by Gasteiger charge is -2.21. The van der Waals surface area contributed by atoms with E-state index in [-0.39, 0.29) is 19.3 Å². The van der Waals surface area contributed by atoms with E-state index in [1.165, 1.54) is 70.6 Å². The maximum atomic E-state index is 13.0. The minimum Gasteiger partial charge on any atom is -0.463 e. The van der Waals surface area contributed by atoms with Crippen LogP contribution in [0.5, 0.6) is 0 Å². The second kappa shape index (κ2) is 77.1. The fourth-order valence-corrected chi connectivity index (χ4v) is 12.0. The SMILES string of the molecule is CC/C=C\C/C=C\C/C=C\C/C=C\C/C=C\CCCCCCCCCCCC(=O)OCC(O)COP(=O)(O)OCC(O)COP(=O)(O)OCC(COC(=O)CCCCCCCCC/C=C\C/C=C\C/C=C\C/C=C\CCCCC)OC(=O)CCCCCCCC/C=C\C/C=C\C/C=C\CCCCC. The summed E-state index contributed by atoms with van der Waals surface area (Å²) in [5, 5.41) is 20.7. The highest BCUT2D eigenvalue weighted by atomic mass is 31.2. The van der Waals surface area contributed by atoms with Gasteiger partial charge in [-0.1, -0.05) is 295 Å². The Morgan fingerprint density at radius 2 is 0.515 bits per heavy atom. The van der Waals surface area contributed by atoms with Crippen molar-refractivity contribution in [3.05, 3.63) is 146 Å². The van der Waals surface area contributed by atoms with E-state index in [2.05, 4.69) is 167 Å². The molecule has 5 atom stereocenters. The summed E-state index contributed by atoms with van der Waals surface area (Å²) in [4.78, 5) is 58.7. The number of rotatable bonds is 75. The van der Waals surface area contributed by atoms with Gasteiger partial charge in [0.15, 0.2) is 6.10 Å². The lowest BCUT2D eigenvalue weighted by atomic mass is 10.1. The fourth-order valence-electron chi connectivity index (χ4n) is 10.4. The van der Waals surface area contributed by atoms with Gasteiger partial charge in [0.25, 0.3) is 0 Å². The summed E-state index contributed by atoms with van der Waals surface area (Å²) in [6, 6.07) is 0. The molecule has 0 aliphatic carbocycles. The first-order chi connectivity index (χ1) is 50.2. The molecule has 0 radical (unpaired) electrons. The van der Waals surface area contributed by atoms with Gasteiger partial charge >= 0.3 is 33.6 Å². The first-order valence-corrected chi connectivity index (χ1v) is 43.1. The zero-order valence-electron chi connectivity index (χ0n) is 64.4. The quantitative estimate of drug-likeness (QED) is 0.0146. The summed E-state index contributed by atoms with van der Waals surface area (Å²) in [6.45, 7) is 2.49. The number of aliphatic hydroxyl groups is 2. The zero-order valence-corrected chi connectivity index (χ0v) is 66.2. The fraction of sp³-hybridized carbons (Fsp3) is 0.682. The van der Waals surface area contributed by atoms with E-state index in [9.17, 15) is 43.5 Å². The number of ether oxygens (including phenoxy) is 3. The minimum absolute atomic E-state index is 0.0836. The van der Waals surface area contributed by atoms with Crippen LogP contribution in [0.3, 0.4) is 0 Å². The molecule has 0 aromatic rings. The summed E-state index contributed by atoms with van der Waals surface area (Å²) in [5.41, 5.74) is 0. The van der Waals surface area contributed by atoms with Crippen LogP contribution in [-0.2, 0) is 55.8 Å². The third kappa shape index (κ3) is 78.3. The van der Waals surface area contributed by atoms with Gasteiger partial charge < -0.3 is 34.2 Å². The van der Waals surface area contributed by atoms with Crippen LogP contribution in [0.2, 0.25) is 0 Å². The number of carbonyl (C=O) groups is 3. The highest BCUT2D eigenvalue weighted by molar-refractivity contribution is 7.47. The van der Waals surface area contributed by atoms with E-state index in [0.717, 1.165) is 186 Å². The number of phosphoric ester groups is 2. The van der Waals surface area contributed by atoms with Crippen LogP contribution in [0.15, 0.2) is 146 Å². The van der Waals surface area contributed by atoms with Crippen LogP contribution in [0, 0.1) is 0 Å². The lowest BCUT2D eigenvalue weighted by molar-refractivity contribution is -0.161. The standard InChI is InChI=1S/C85H144O16P2/c1-4-7-10-13-16-19-22-25-28-31-34-36-38-39-41-43-45-47-50-53-56-59-62-65-68-71-83(88)95-74-80(86)75-97-102(91,92)98-76-81(87)77-99-103(93,94)100-79-82(101-85(90)73-70-67-64-61-58-55-52-49-44-33-30-27-24-21-18-15-12-9-6-3)78-96-84(89)72-69-66-63-60-57-54-51-48-46-42-40-37-35-32-29-26-23-20-17-14-11-8-5-2/h7,10,16-21,25-30,34-37,39,41-42,44,46,49,80-82,86-87H,4-6,8-9,11-15,22-24,31-33,38,40,43,45,47-48,50-79H2,1-3H3,(H,91,92)(H,93,94)/b10-7-,19-16-,20-17-,21-18-,28-25-,29-26-,30-27-,36-34-,37-35-,41-39-,46-42-,49-44-. The normalized spacial score (nSPS) is 14.7. The summed E-state index contributed by atoms with van der Waals surface area (Å²) < 4.78 is 61.2. The maximum Gasteiger partial charge on any atom is 0.472 e. The Morgan fingerprint density at radius 3 is 0.816 bits per heavy atom. The Balaban J connectivity index is 4.69. The molecule has 5 unspecified atom stereocenters. The Kier molecular flexibility index (Phi) is 73.6. The summed E-state index contributed by atoms with van der Waals surface area (Å²) >= 11 is 0. The first-order valence-electron chi connectivity index (χ1n) is 40.1. The van der Waals surface area contributed by atoms with Gasteiger partial charge in [0, 0.05) is 19.3 Å². The van der Waals surface area contributed by atoms with Crippen LogP contribution in [0.4, 0.5) is 0 Å². The smallest absolute Gasteiger partial charge is 0.463 e. The highest BCUT2D eigenvalue weighted by Crippen LogP contribution is 2.45. The molecule has 0 aliphatic heterocycles. The van der Waals surface area contributed by atoms with Gasteiger partial charge in [-0.2, -0.15) is 0 Å². The Morgan fingerprint density at radius 1 is 0.282 bits per heavy atom. The third-order valence-corrected chi connectivity index (χ3v) is 18.4. The van der Waals surface area contributed by atoms with Gasteiger partial charge in [-0.05, 0) is 148 Å². The van der Waals surface area contributed by atoms with E-state index < -0.39 is 91.5 Å². The average Bonchev–Trinajstić information content (AvgIpc) is 0.922. The molecule has 4 N–H and O–H groups in total. The van der Waals surface area contributed by atoms with Crippen molar-refractivity contribution >= 4 is 33.6 Å². The number of allylic oxidation sites excluding steroid dienone is 24. The van der Waals surface area contributed by atoms with Crippen molar-refractivity contribution in [2.24, 2.45) is 0 Å². The molecule has 0 amide bonds. The van der Waals surface area contributed by atoms with Crippen molar-refractivity contribution < 1.29 is 75.8 Å². The van der Waals surface area contributed by atoms with Gasteiger partial charge in [0.2, 0.25) is 0 Å². The van der Waals surface area contributed by atoms with Gasteiger partial charge in [0.05, 0.1) is 26.4 Å². The summed E-state index contributed by atoms with van der Waals surface area (Å²) in [7, 11) is -9.81. The van der Waals surface area contributed by atoms with Crippen molar-refractivity contribution in [3.8, 4) is 0 Å². The minimum atomic E-state index is -4.94. The molecule has 103 heavy (non-hydrogen) atoms. The van der Waals surface area contributed by atoms with Crippen LogP contribution in [0.25, 0.3) is 0 Å². The van der Waals surface area contributed by atoms with Gasteiger partial charge in [-0.15, -0.1) is 0 Å². The molecule has 0 bridgehead atoms. The van der Waals surface area contributed by atoms with Crippen molar-refractivity contribution in [3.63, 3.8) is 0 Å². The van der Waals surface area contributed by atoms with Crippen molar-refractivity contribution in [2.75, 3.05) is 39.6 Å². The molecule has 16 nitrogen and oxygen atoms in total. The molecule has 0 aliphatic rings. The summed E-state index contributed by atoms with van der Waals surface area (Å²) in [6.07, 6.45) is 94.4. The molecule has 590 valence electrons. The van der Waals surface area contributed by atoms with Crippen LogP contribution in [0.1, 0.15) is 316 Å². The van der Waals surface area contributed by atoms with Gasteiger partial charge in [-0.3, -0.25) is 32.5 Å². The molecule has 0 fully saturated rings. The van der Waals surface area contributed by atoms with Gasteiger partial charge in [0.1, 0.15) is 25.4 Å². The predicted octanol–water partition coefficient (Wildman–Crippen LogP) is 23.7. The molecular weight excluding hydrogens is 1340 g/mol. The predicted molar refractivity (Wildman–Crippen MR) is 426 cm³/mol. The Bertz CT molecular complexity index is 2450. The lowest BCUT2D eigenvalue weighted by Crippen LogP contribution is -2.30. The van der Waals surface area contributed by atoms with Crippen LogP contribution in [-0.4, -0.2) is 95.9 Å². The van der Waals surface area contributed by atoms with Gasteiger partial charge in [-0.25, -0.2) is 9.13 Å². The number of hydrogen-bond acceptors (Lipinski definition) is 14. The Labute approximate surface area is 626 Å². The molecule has 0 aromatic heterocycles. The molecule has 0 saturated heterocycles. The maximum absolute atomic E-state index is 13.0. The average molecular weight is 1480 g/mol. The topological polar surface area (TPSA) is 231 Å². The zero-order chi connectivity index (χ0) is 75.2. The first kappa shape index (κ1) is 98.4. The number of aliphatic hydroxyl groups excluding tert-OH is 2. The van der Waals surface area contributed by atoms with Crippen LogP contribution < -0.4 is 0 Å². The van der Waals surface area contributed by atoms with E-state index in [1.54, 1.807) is 0 Å². The summed E-state index contributed by atoms with van der Waals surface area (Å²) in [5.74, 6) is -1.61.